The predicted molar refractivity (Wildman–Crippen MR) is 79.1 cm³/mol. The number of carbonyl (C=O) groups is 1. The lowest BCUT2D eigenvalue weighted by Crippen LogP contribution is -2.45. The van der Waals surface area contributed by atoms with Gasteiger partial charge in [-0.2, -0.15) is 0 Å². The van der Waals surface area contributed by atoms with Crippen LogP contribution in [-0.2, 0) is 11.2 Å². The van der Waals surface area contributed by atoms with Crippen LogP contribution in [0.15, 0.2) is 30.3 Å². The van der Waals surface area contributed by atoms with E-state index in [9.17, 15) is 9.90 Å². The number of carbonyl (C=O) groups excluding carboxylic acids is 1. The summed E-state index contributed by atoms with van der Waals surface area (Å²) in [6, 6.07) is 9.24. The van der Waals surface area contributed by atoms with Crippen LogP contribution in [0.5, 0.6) is 0 Å². The highest BCUT2D eigenvalue weighted by Crippen LogP contribution is 2.23. The van der Waals surface area contributed by atoms with Gasteiger partial charge in [0.1, 0.15) is 0 Å². The molecule has 4 nitrogen and oxygen atoms in total. The lowest BCUT2D eigenvalue weighted by molar-refractivity contribution is -0.122. The van der Waals surface area contributed by atoms with Crippen molar-refractivity contribution in [2.24, 2.45) is 11.7 Å². The lowest BCUT2D eigenvalue weighted by Gasteiger charge is -2.28. The number of amides is 1. The Hall–Kier alpha value is -1.39. The fourth-order valence-electron chi connectivity index (χ4n) is 2.75. The van der Waals surface area contributed by atoms with Gasteiger partial charge in [0.05, 0.1) is 12.1 Å². The van der Waals surface area contributed by atoms with Crippen LogP contribution in [0.25, 0.3) is 0 Å². The summed E-state index contributed by atoms with van der Waals surface area (Å²) in [7, 11) is 0. The molecule has 110 valence electrons. The third-order valence-corrected chi connectivity index (χ3v) is 4.04. The molecule has 2 rings (SSSR count). The predicted octanol–water partition coefficient (Wildman–Crippen LogP) is 1.22. The van der Waals surface area contributed by atoms with Gasteiger partial charge in [0.2, 0.25) is 5.91 Å². The Kier molecular flexibility index (Phi) is 5.56. The topological polar surface area (TPSA) is 75.4 Å². The number of aliphatic hydroxyl groups excluding tert-OH is 1. The molecular formula is C16H24N2O2. The molecule has 0 bridgehead atoms. The summed E-state index contributed by atoms with van der Waals surface area (Å²) in [6.07, 6.45) is 4.30. The number of nitrogens with two attached hydrogens (primary N) is 1. The van der Waals surface area contributed by atoms with Gasteiger partial charge in [-0.3, -0.25) is 4.79 Å². The van der Waals surface area contributed by atoms with Crippen LogP contribution in [0.3, 0.4) is 0 Å². The first-order chi connectivity index (χ1) is 9.66. The van der Waals surface area contributed by atoms with Gasteiger partial charge < -0.3 is 16.2 Å². The van der Waals surface area contributed by atoms with Crippen molar-refractivity contribution >= 4 is 5.91 Å². The van der Waals surface area contributed by atoms with Crippen molar-refractivity contribution < 1.29 is 9.90 Å². The maximum Gasteiger partial charge on any atom is 0.237 e. The summed E-state index contributed by atoms with van der Waals surface area (Å²) in [5, 5.41) is 12.8. The second-order valence-electron chi connectivity index (χ2n) is 5.65. The Morgan fingerprint density at radius 1 is 1.30 bits per heavy atom. The third-order valence-electron chi connectivity index (χ3n) is 4.04. The van der Waals surface area contributed by atoms with Gasteiger partial charge in [0.25, 0.3) is 0 Å². The summed E-state index contributed by atoms with van der Waals surface area (Å²) in [5.41, 5.74) is 6.99. The Balaban J connectivity index is 1.76. The van der Waals surface area contributed by atoms with E-state index in [-0.39, 0.29) is 17.9 Å². The average molecular weight is 276 g/mol. The minimum absolute atomic E-state index is 0.133. The van der Waals surface area contributed by atoms with Crippen LogP contribution < -0.4 is 11.1 Å². The standard InChI is InChI=1S/C16H24N2O2/c17-14(10-12-6-2-1-3-7-12)16(20)18-11-13-8-4-5-9-15(13)19/h1-3,6-7,13-15,19H,4-5,8-11,17H2,(H,18,20)/t13?,14-,15?/m1/s1. The molecule has 1 amide bonds. The smallest absolute Gasteiger partial charge is 0.237 e. The highest BCUT2D eigenvalue weighted by Gasteiger charge is 2.24. The molecule has 0 saturated heterocycles. The zero-order valence-corrected chi connectivity index (χ0v) is 11.8. The zero-order chi connectivity index (χ0) is 14.4. The van der Waals surface area contributed by atoms with Crippen molar-refractivity contribution in [2.75, 3.05) is 6.54 Å². The summed E-state index contributed by atoms with van der Waals surface area (Å²) < 4.78 is 0. The SMILES string of the molecule is N[C@H](Cc1ccccc1)C(=O)NCC1CCCCC1O. The molecule has 1 aromatic carbocycles. The second kappa shape index (κ2) is 7.41. The summed E-state index contributed by atoms with van der Waals surface area (Å²) >= 11 is 0. The van der Waals surface area contributed by atoms with Gasteiger partial charge in [-0.1, -0.05) is 43.2 Å². The van der Waals surface area contributed by atoms with Crippen molar-refractivity contribution in [3.8, 4) is 0 Å². The summed E-state index contributed by atoms with van der Waals surface area (Å²) in [4.78, 5) is 12.0. The highest BCUT2D eigenvalue weighted by molar-refractivity contribution is 5.81. The van der Waals surface area contributed by atoms with Gasteiger partial charge in [0.15, 0.2) is 0 Å². The van der Waals surface area contributed by atoms with Crippen molar-refractivity contribution in [3.05, 3.63) is 35.9 Å². The molecule has 1 saturated carbocycles. The van der Waals surface area contributed by atoms with Crippen molar-refractivity contribution in [1.29, 1.82) is 0 Å². The third kappa shape index (κ3) is 4.32. The van der Waals surface area contributed by atoms with E-state index in [1.165, 1.54) is 0 Å². The van der Waals surface area contributed by atoms with Gasteiger partial charge in [0, 0.05) is 12.5 Å². The first-order valence-corrected chi connectivity index (χ1v) is 7.42. The Morgan fingerprint density at radius 3 is 2.70 bits per heavy atom. The van der Waals surface area contributed by atoms with Crippen molar-refractivity contribution in [3.63, 3.8) is 0 Å². The Labute approximate surface area is 120 Å². The average Bonchev–Trinajstić information content (AvgIpc) is 2.47. The first-order valence-electron chi connectivity index (χ1n) is 7.42. The Morgan fingerprint density at radius 2 is 2.00 bits per heavy atom. The van der Waals surface area contributed by atoms with E-state index in [0.717, 1.165) is 31.2 Å². The second-order valence-corrected chi connectivity index (χ2v) is 5.65. The number of hydrogen-bond donors (Lipinski definition) is 3. The van der Waals surface area contributed by atoms with Gasteiger partial charge in [-0.05, 0) is 24.8 Å². The molecule has 4 heteroatoms. The Bertz CT molecular complexity index is 422. The summed E-state index contributed by atoms with van der Waals surface area (Å²) in [5.74, 6) is 0.0447. The number of nitrogens with one attached hydrogen (secondary N) is 1. The van der Waals surface area contributed by atoms with E-state index in [1.807, 2.05) is 30.3 Å². The van der Waals surface area contributed by atoms with E-state index in [2.05, 4.69) is 5.32 Å². The molecule has 1 aromatic rings. The number of benzene rings is 1. The normalized spacial score (nSPS) is 24.1. The van der Waals surface area contributed by atoms with Crippen molar-refractivity contribution in [2.45, 2.75) is 44.2 Å². The van der Waals surface area contributed by atoms with Crippen LogP contribution in [0.4, 0.5) is 0 Å². The molecule has 0 aromatic heterocycles. The molecule has 0 spiro atoms. The molecule has 3 atom stereocenters. The molecule has 1 aliphatic carbocycles. The highest BCUT2D eigenvalue weighted by atomic mass is 16.3. The van der Waals surface area contributed by atoms with Gasteiger partial charge in [-0.15, -0.1) is 0 Å². The first kappa shape index (κ1) is 15.0. The van der Waals surface area contributed by atoms with Crippen LogP contribution in [-0.4, -0.2) is 29.7 Å². The largest absolute Gasteiger partial charge is 0.393 e. The van der Waals surface area contributed by atoms with E-state index in [0.29, 0.717) is 13.0 Å². The molecule has 0 radical (unpaired) electrons. The fraction of sp³-hybridized carbons (Fsp3) is 0.562. The van der Waals surface area contributed by atoms with E-state index >= 15 is 0 Å². The van der Waals surface area contributed by atoms with Crippen LogP contribution in [0.1, 0.15) is 31.2 Å². The summed E-state index contributed by atoms with van der Waals surface area (Å²) in [6.45, 7) is 0.530. The maximum absolute atomic E-state index is 12.0. The minimum atomic E-state index is -0.530. The van der Waals surface area contributed by atoms with Gasteiger partial charge >= 0.3 is 0 Å². The van der Waals surface area contributed by atoms with Crippen LogP contribution in [0.2, 0.25) is 0 Å². The maximum atomic E-state index is 12.0. The minimum Gasteiger partial charge on any atom is -0.393 e. The molecular weight excluding hydrogens is 252 g/mol. The van der Waals surface area contributed by atoms with E-state index in [1.54, 1.807) is 0 Å². The molecule has 4 N–H and O–H groups in total. The molecule has 1 fully saturated rings. The molecule has 0 heterocycles. The monoisotopic (exact) mass is 276 g/mol. The molecule has 20 heavy (non-hydrogen) atoms. The number of aliphatic hydroxyl groups is 1. The number of hydrogen-bond acceptors (Lipinski definition) is 3. The zero-order valence-electron chi connectivity index (χ0n) is 11.8. The number of rotatable bonds is 5. The quantitative estimate of drug-likeness (QED) is 0.757. The van der Waals surface area contributed by atoms with Crippen LogP contribution in [0, 0.1) is 5.92 Å². The van der Waals surface area contributed by atoms with E-state index < -0.39 is 6.04 Å². The van der Waals surface area contributed by atoms with E-state index in [4.69, 9.17) is 5.73 Å². The van der Waals surface area contributed by atoms with Gasteiger partial charge in [-0.25, -0.2) is 0 Å². The lowest BCUT2D eigenvalue weighted by atomic mass is 9.86. The molecule has 0 aliphatic heterocycles. The van der Waals surface area contributed by atoms with Crippen LogP contribution >= 0.6 is 0 Å². The molecule has 2 unspecified atom stereocenters. The fourth-order valence-corrected chi connectivity index (χ4v) is 2.75. The van der Waals surface area contributed by atoms with Crippen molar-refractivity contribution in [1.82, 2.24) is 5.32 Å². The molecule has 1 aliphatic rings.